The first-order valence-electron chi connectivity index (χ1n) is 7.21. The molecule has 0 bridgehead atoms. The molecule has 0 atom stereocenters. The molecule has 1 N–H and O–H groups in total. The van der Waals surface area contributed by atoms with Crippen LogP contribution >= 0.6 is 0 Å². The van der Waals surface area contributed by atoms with E-state index in [0.717, 1.165) is 35.1 Å². The van der Waals surface area contributed by atoms with Gasteiger partial charge in [-0.3, -0.25) is 4.79 Å². The number of carboxylic acid groups (broad SMARTS) is 1. The van der Waals surface area contributed by atoms with Gasteiger partial charge in [0.2, 0.25) is 0 Å². The van der Waals surface area contributed by atoms with Gasteiger partial charge in [-0.05, 0) is 36.9 Å². The van der Waals surface area contributed by atoms with E-state index in [9.17, 15) is 4.79 Å². The van der Waals surface area contributed by atoms with E-state index in [1.165, 1.54) is 6.08 Å². The lowest BCUT2D eigenvalue weighted by Gasteiger charge is -2.23. The van der Waals surface area contributed by atoms with Crippen LogP contribution in [0.1, 0.15) is 19.4 Å². The SMILES string of the molecule is [C-]#[N+]/C(=C\c1ccc(N(CC)CC)c2ccccc12)C(=O)O. The van der Waals surface area contributed by atoms with Crippen molar-refractivity contribution in [2.24, 2.45) is 0 Å². The molecule has 0 aliphatic heterocycles. The maximum absolute atomic E-state index is 11.0. The smallest absolute Gasteiger partial charge is 0.333 e. The molecule has 112 valence electrons. The predicted octanol–water partition coefficient (Wildman–Crippen LogP) is 4.03. The van der Waals surface area contributed by atoms with Gasteiger partial charge >= 0.3 is 5.97 Å². The molecule has 4 nitrogen and oxygen atoms in total. The zero-order chi connectivity index (χ0) is 16.1. The van der Waals surface area contributed by atoms with E-state index in [-0.39, 0.29) is 5.70 Å². The van der Waals surface area contributed by atoms with Crippen molar-refractivity contribution in [3.63, 3.8) is 0 Å². The summed E-state index contributed by atoms with van der Waals surface area (Å²) in [6, 6.07) is 11.7. The Bertz CT molecular complexity index is 768. The third-order valence-corrected chi connectivity index (χ3v) is 3.67. The van der Waals surface area contributed by atoms with E-state index in [0.29, 0.717) is 0 Å². The van der Waals surface area contributed by atoms with Crippen molar-refractivity contribution < 1.29 is 9.90 Å². The molecular formula is C18H18N2O2. The summed E-state index contributed by atoms with van der Waals surface area (Å²) in [7, 11) is 0. The van der Waals surface area contributed by atoms with Crippen LogP contribution in [0.2, 0.25) is 0 Å². The fourth-order valence-electron chi connectivity index (χ4n) is 2.56. The van der Waals surface area contributed by atoms with Crippen molar-refractivity contribution in [1.29, 1.82) is 0 Å². The summed E-state index contributed by atoms with van der Waals surface area (Å²) in [6.07, 6.45) is 1.43. The average Bonchev–Trinajstić information content (AvgIpc) is 2.54. The minimum absolute atomic E-state index is 0.277. The topological polar surface area (TPSA) is 44.9 Å². The van der Waals surface area contributed by atoms with Crippen molar-refractivity contribution in [2.45, 2.75) is 13.8 Å². The van der Waals surface area contributed by atoms with Gasteiger partial charge in [0.15, 0.2) is 0 Å². The number of anilines is 1. The molecule has 0 heterocycles. The van der Waals surface area contributed by atoms with Gasteiger partial charge in [-0.1, -0.05) is 30.3 Å². The Morgan fingerprint density at radius 1 is 1.18 bits per heavy atom. The molecule has 0 unspecified atom stereocenters. The fourth-order valence-corrected chi connectivity index (χ4v) is 2.56. The second kappa shape index (κ2) is 6.77. The van der Waals surface area contributed by atoms with Crippen LogP contribution in [-0.4, -0.2) is 24.2 Å². The summed E-state index contributed by atoms with van der Waals surface area (Å²) in [5.41, 5.74) is 1.60. The van der Waals surface area contributed by atoms with E-state index in [4.69, 9.17) is 11.7 Å². The summed E-state index contributed by atoms with van der Waals surface area (Å²) in [4.78, 5) is 16.4. The van der Waals surface area contributed by atoms with Gasteiger partial charge in [0.25, 0.3) is 5.70 Å². The first kappa shape index (κ1) is 15.6. The molecule has 0 fully saturated rings. The number of fused-ring (bicyclic) bond motifs is 1. The molecule has 0 aliphatic carbocycles. The molecule has 0 saturated carbocycles. The highest BCUT2D eigenvalue weighted by Gasteiger charge is 2.11. The van der Waals surface area contributed by atoms with Crippen LogP contribution in [0.4, 0.5) is 5.69 Å². The van der Waals surface area contributed by atoms with E-state index < -0.39 is 5.97 Å². The average molecular weight is 294 g/mol. The maximum Gasteiger partial charge on any atom is 0.333 e. The van der Waals surface area contributed by atoms with Crippen LogP contribution in [0.3, 0.4) is 0 Å². The van der Waals surface area contributed by atoms with Crippen molar-refractivity contribution in [1.82, 2.24) is 0 Å². The van der Waals surface area contributed by atoms with E-state index in [2.05, 4.69) is 23.6 Å². The zero-order valence-corrected chi connectivity index (χ0v) is 12.7. The maximum atomic E-state index is 11.0. The third-order valence-electron chi connectivity index (χ3n) is 3.67. The Hall–Kier alpha value is -2.80. The van der Waals surface area contributed by atoms with Crippen LogP contribution < -0.4 is 4.90 Å². The number of rotatable bonds is 5. The van der Waals surface area contributed by atoms with Gasteiger partial charge in [0.1, 0.15) is 0 Å². The lowest BCUT2D eigenvalue weighted by Crippen LogP contribution is -2.22. The van der Waals surface area contributed by atoms with Crippen LogP contribution in [0.5, 0.6) is 0 Å². The van der Waals surface area contributed by atoms with Crippen LogP contribution in [0, 0.1) is 6.57 Å². The third kappa shape index (κ3) is 2.94. The molecule has 0 aliphatic rings. The Morgan fingerprint density at radius 2 is 1.82 bits per heavy atom. The van der Waals surface area contributed by atoms with E-state index in [1.807, 2.05) is 36.4 Å². The highest BCUT2D eigenvalue weighted by atomic mass is 16.4. The first-order chi connectivity index (χ1) is 10.6. The predicted molar refractivity (Wildman–Crippen MR) is 89.7 cm³/mol. The molecule has 0 aromatic heterocycles. The van der Waals surface area contributed by atoms with Crippen molar-refractivity contribution in [2.75, 3.05) is 18.0 Å². The number of hydrogen-bond acceptors (Lipinski definition) is 2. The van der Waals surface area contributed by atoms with Gasteiger partial charge < -0.3 is 10.0 Å². The normalized spacial score (nSPS) is 11.2. The van der Waals surface area contributed by atoms with E-state index >= 15 is 0 Å². The number of hydrogen-bond donors (Lipinski definition) is 1. The number of carboxylic acids is 1. The number of benzene rings is 2. The molecule has 2 rings (SSSR count). The van der Waals surface area contributed by atoms with Crippen LogP contribution in [-0.2, 0) is 4.79 Å². The van der Waals surface area contributed by atoms with E-state index in [1.54, 1.807) is 0 Å². The van der Waals surface area contributed by atoms with Crippen molar-refractivity contribution in [3.8, 4) is 0 Å². The highest BCUT2D eigenvalue weighted by molar-refractivity contribution is 6.02. The molecule has 4 heteroatoms. The zero-order valence-electron chi connectivity index (χ0n) is 12.7. The Balaban J connectivity index is 2.68. The molecule has 22 heavy (non-hydrogen) atoms. The minimum Gasteiger partial charge on any atom is -0.486 e. The highest BCUT2D eigenvalue weighted by Crippen LogP contribution is 2.30. The Kier molecular flexibility index (Phi) is 4.80. The van der Waals surface area contributed by atoms with Crippen LogP contribution in [0.15, 0.2) is 42.1 Å². The van der Waals surface area contributed by atoms with Gasteiger partial charge in [-0.2, -0.15) is 0 Å². The fraction of sp³-hybridized carbons (Fsp3) is 0.222. The van der Waals surface area contributed by atoms with Gasteiger partial charge in [0.05, 0.1) is 6.57 Å². The van der Waals surface area contributed by atoms with Crippen molar-refractivity contribution in [3.05, 3.63) is 59.1 Å². The Morgan fingerprint density at radius 3 is 2.36 bits per heavy atom. The molecule has 2 aromatic rings. The second-order valence-electron chi connectivity index (χ2n) is 4.84. The molecule has 0 spiro atoms. The summed E-state index contributed by atoms with van der Waals surface area (Å²) < 4.78 is 0. The van der Waals surface area contributed by atoms with Gasteiger partial charge in [-0.15, -0.1) is 0 Å². The largest absolute Gasteiger partial charge is 0.486 e. The molecule has 0 saturated heterocycles. The first-order valence-corrected chi connectivity index (χ1v) is 7.21. The quantitative estimate of drug-likeness (QED) is 0.669. The number of nitrogens with zero attached hydrogens (tertiary/aromatic N) is 2. The lowest BCUT2D eigenvalue weighted by atomic mass is 10.0. The standard InChI is InChI=1S/C18H18N2O2/c1-4-20(5-2)17-11-10-13(12-16(19-3)18(21)22)14-8-6-7-9-15(14)17/h6-12H,4-5H2,1-2H3,(H,21,22)/b16-12-. The van der Waals surface area contributed by atoms with Gasteiger partial charge in [-0.25, -0.2) is 4.85 Å². The molecule has 2 aromatic carbocycles. The summed E-state index contributed by atoms with van der Waals surface area (Å²) in [6.45, 7) is 13.0. The van der Waals surface area contributed by atoms with Gasteiger partial charge in [0, 0.05) is 24.2 Å². The Labute approximate surface area is 130 Å². The number of aliphatic carboxylic acids is 1. The summed E-state index contributed by atoms with van der Waals surface area (Å²) in [5.74, 6) is -1.20. The summed E-state index contributed by atoms with van der Waals surface area (Å²) >= 11 is 0. The lowest BCUT2D eigenvalue weighted by molar-refractivity contribution is -0.132. The molecule has 0 amide bonds. The van der Waals surface area contributed by atoms with Crippen LogP contribution in [0.25, 0.3) is 21.7 Å². The van der Waals surface area contributed by atoms with Crippen molar-refractivity contribution >= 4 is 28.5 Å². The minimum atomic E-state index is -1.20. The molecular weight excluding hydrogens is 276 g/mol. The monoisotopic (exact) mass is 294 g/mol. The second-order valence-corrected chi connectivity index (χ2v) is 4.84. The summed E-state index contributed by atoms with van der Waals surface area (Å²) in [5, 5.41) is 11.1. The molecule has 0 radical (unpaired) electrons. The number of carbonyl (C=O) groups is 1.